The Morgan fingerprint density at radius 3 is 1.98 bits per heavy atom. The van der Waals surface area contributed by atoms with Gasteiger partial charge in [0.25, 0.3) is 0 Å². The molecule has 2 aliphatic rings. The van der Waals surface area contributed by atoms with Gasteiger partial charge in [-0.05, 0) is 87.3 Å². The summed E-state index contributed by atoms with van der Waals surface area (Å²) >= 11 is 1.86. The van der Waals surface area contributed by atoms with Gasteiger partial charge in [-0.1, -0.05) is 152 Å². The summed E-state index contributed by atoms with van der Waals surface area (Å²) in [7, 11) is 0. The molecule has 3 heteroatoms. The first kappa shape index (κ1) is 31.4. The van der Waals surface area contributed by atoms with Gasteiger partial charge in [-0.25, -0.2) is 0 Å². The van der Waals surface area contributed by atoms with Crippen LogP contribution in [0.15, 0.2) is 200 Å². The molecule has 9 aromatic carbocycles. The number of fused-ring (bicyclic) bond motifs is 14. The molecule has 2 heterocycles. The summed E-state index contributed by atoms with van der Waals surface area (Å²) in [5, 5.41) is 4.88. The standard InChI is InChI=1S/C53H33NOS/c1-2-15-36(16-3-1)54(46-24-13-27-49-51(46)41-19-7-11-26-48(41)56-49)37-31-28-35(29-32-37)38-20-12-23-44-50(38)40-18-6-8-21-42(40)53(44)43-22-9-10-25-47(43)55-52-39-17-5-4-14-34(39)30-33-45(52)53/h1-33H. The number of nitrogens with zero attached hydrogens (tertiary/aromatic N) is 1. The summed E-state index contributed by atoms with van der Waals surface area (Å²) in [5.74, 6) is 1.84. The zero-order valence-electron chi connectivity index (χ0n) is 30.3. The topological polar surface area (TPSA) is 12.5 Å². The van der Waals surface area contributed by atoms with Crippen LogP contribution in [-0.2, 0) is 5.41 Å². The highest BCUT2D eigenvalue weighted by Crippen LogP contribution is 2.64. The van der Waals surface area contributed by atoms with E-state index in [0.29, 0.717) is 0 Å². The molecular formula is C53H33NOS. The van der Waals surface area contributed by atoms with Crippen LogP contribution in [0.3, 0.4) is 0 Å². The van der Waals surface area contributed by atoms with Gasteiger partial charge in [-0.15, -0.1) is 11.3 Å². The Balaban J connectivity index is 1.06. The molecule has 0 bridgehead atoms. The molecule has 1 spiro atoms. The maximum atomic E-state index is 6.87. The Morgan fingerprint density at radius 1 is 0.429 bits per heavy atom. The maximum Gasteiger partial charge on any atom is 0.140 e. The third-order valence-corrected chi connectivity index (χ3v) is 13.1. The molecular weight excluding hydrogens is 699 g/mol. The Hall–Kier alpha value is -6.94. The molecule has 1 atom stereocenters. The average Bonchev–Trinajstić information content (AvgIpc) is 3.79. The fraction of sp³-hybridized carbons (Fsp3) is 0.0189. The number of hydrogen-bond donors (Lipinski definition) is 0. The molecule has 10 aromatic rings. The number of thiophene rings is 1. The van der Waals surface area contributed by atoms with Crippen molar-refractivity contribution in [3.63, 3.8) is 0 Å². The minimum atomic E-state index is -0.539. The first-order valence-corrected chi connectivity index (χ1v) is 20.0. The molecule has 1 aliphatic heterocycles. The number of para-hydroxylation sites is 2. The zero-order chi connectivity index (χ0) is 36.8. The van der Waals surface area contributed by atoms with Gasteiger partial charge < -0.3 is 9.64 Å². The van der Waals surface area contributed by atoms with E-state index in [9.17, 15) is 0 Å². The van der Waals surface area contributed by atoms with Crippen LogP contribution in [-0.4, -0.2) is 0 Å². The van der Waals surface area contributed by atoms with Crippen molar-refractivity contribution in [2.75, 3.05) is 4.90 Å². The minimum Gasteiger partial charge on any atom is -0.456 e. The van der Waals surface area contributed by atoms with Crippen LogP contribution in [0.4, 0.5) is 17.1 Å². The SMILES string of the molecule is c1ccc(N(c2ccc(-c3cccc4c3-c3ccccc3C43c4ccccc4Oc4c3ccc3ccccc43)cc2)c2cccc3sc4ccccc4c23)cc1. The third-order valence-electron chi connectivity index (χ3n) is 11.9. The van der Waals surface area contributed by atoms with Crippen molar-refractivity contribution in [3.8, 4) is 33.8 Å². The van der Waals surface area contributed by atoms with E-state index in [-0.39, 0.29) is 0 Å². The number of benzene rings is 9. The first-order valence-electron chi connectivity index (χ1n) is 19.2. The molecule has 0 radical (unpaired) electrons. The number of anilines is 3. The van der Waals surface area contributed by atoms with Crippen molar-refractivity contribution in [1.29, 1.82) is 0 Å². The van der Waals surface area contributed by atoms with E-state index in [1.54, 1.807) is 0 Å². The summed E-state index contributed by atoms with van der Waals surface area (Å²) in [4.78, 5) is 2.41. The Morgan fingerprint density at radius 2 is 1.09 bits per heavy atom. The third kappa shape index (κ3) is 4.32. The summed E-state index contributed by atoms with van der Waals surface area (Å²) in [6.07, 6.45) is 0. The summed E-state index contributed by atoms with van der Waals surface area (Å²) in [6.45, 7) is 0. The van der Waals surface area contributed by atoms with Crippen molar-refractivity contribution in [2.24, 2.45) is 0 Å². The van der Waals surface area contributed by atoms with Crippen molar-refractivity contribution in [3.05, 3.63) is 222 Å². The Kier molecular flexibility index (Phi) is 6.75. The molecule has 56 heavy (non-hydrogen) atoms. The molecule has 1 aromatic heterocycles. The fourth-order valence-electron chi connectivity index (χ4n) is 9.65. The van der Waals surface area contributed by atoms with Crippen LogP contribution >= 0.6 is 11.3 Å². The van der Waals surface area contributed by atoms with Gasteiger partial charge in [-0.3, -0.25) is 0 Å². The van der Waals surface area contributed by atoms with Crippen molar-refractivity contribution in [1.82, 2.24) is 0 Å². The zero-order valence-corrected chi connectivity index (χ0v) is 31.1. The Labute approximate surface area is 329 Å². The van der Waals surface area contributed by atoms with E-state index >= 15 is 0 Å². The van der Waals surface area contributed by atoms with E-state index in [4.69, 9.17) is 4.74 Å². The highest BCUT2D eigenvalue weighted by Gasteiger charge is 2.51. The van der Waals surface area contributed by atoms with Crippen LogP contribution in [0, 0.1) is 0 Å². The first-order chi connectivity index (χ1) is 27.8. The second-order valence-electron chi connectivity index (χ2n) is 14.8. The van der Waals surface area contributed by atoms with Gasteiger partial charge in [0.15, 0.2) is 0 Å². The second-order valence-corrected chi connectivity index (χ2v) is 15.8. The Bertz CT molecular complexity index is 3180. The lowest BCUT2D eigenvalue weighted by Crippen LogP contribution is -2.32. The molecule has 0 amide bonds. The lowest BCUT2D eigenvalue weighted by molar-refractivity contribution is 0.441. The van der Waals surface area contributed by atoms with Gasteiger partial charge >= 0.3 is 0 Å². The summed E-state index contributed by atoms with van der Waals surface area (Å²) in [5.41, 5.74) is 12.8. The normalized spacial score (nSPS) is 15.0. The van der Waals surface area contributed by atoms with Crippen LogP contribution in [0.5, 0.6) is 11.5 Å². The quantitative estimate of drug-likeness (QED) is 0.179. The molecule has 0 saturated heterocycles. The lowest BCUT2D eigenvalue weighted by Gasteiger charge is -2.39. The lowest BCUT2D eigenvalue weighted by atomic mass is 9.65. The van der Waals surface area contributed by atoms with Crippen molar-refractivity contribution in [2.45, 2.75) is 5.41 Å². The highest BCUT2D eigenvalue weighted by molar-refractivity contribution is 7.26. The molecule has 2 nitrogen and oxygen atoms in total. The molecule has 0 N–H and O–H groups in total. The molecule has 12 rings (SSSR count). The number of ether oxygens (including phenoxy) is 1. The smallest absolute Gasteiger partial charge is 0.140 e. The van der Waals surface area contributed by atoms with Crippen LogP contribution in [0.25, 0.3) is 53.2 Å². The van der Waals surface area contributed by atoms with E-state index < -0.39 is 5.41 Å². The predicted octanol–water partition coefficient (Wildman–Crippen LogP) is 14.8. The molecule has 0 fully saturated rings. The highest BCUT2D eigenvalue weighted by atomic mass is 32.1. The predicted molar refractivity (Wildman–Crippen MR) is 234 cm³/mol. The maximum absolute atomic E-state index is 6.87. The van der Waals surface area contributed by atoms with E-state index in [2.05, 4.69) is 205 Å². The molecule has 0 saturated carbocycles. The van der Waals surface area contributed by atoms with Crippen molar-refractivity contribution < 1.29 is 4.74 Å². The van der Waals surface area contributed by atoms with Crippen molar-refractivity contribution >= 4 is 59.3 Å². The van der Waals surface area contributed by atoms with Crippen LogP contribution in [0.1, 0.15) is 22.3 Å². The monoisotopic (exact) mass is 731 g/mol. The van der Waals surface area contributed by atoms with E-state index in [1.807, 2.05) is 11.3 Å². The van der Waals surface area contributed by atoms with Crippen LogP contribution in [0.2, 0.25) is 0 Å². The van der Waals surface area contributed by atoms with Gasteiger partial charge in [0.1, 0.15) is 11.5 Å². The van der Waals surface area contributed by atoms with Gasteiger partial charge in [0.05, 0.1) is 11.1 Å². The fourth-order valence-corrected chi connectivity index (χ4v) is 10.8. The number of hydrogen-bond acceptors (Lipinski definition) is 3. The van der Waals surface area contributed by atoms with Crippen LogP contribution < -0.4 is 9.64 Å². The second kappa shape index (κ2) is 12.0. The van der Waals surface area contributed by atoms with E-state index in [0.717, 1.165) is 28.3 Å². The summed E-state index contributed by atoms with van der Waals surface area (Å²) in [6, 6.07) is 73.0. The van der Waals surface area contributed by atoms with Gasteiger partial charge in [-0.2, -0.15) is 0 Å². The van der Waals surface area contributed by atoms with E-state index in [1.165, 1.54) is 75.8 Å². The molecule has 1 aliphatic carbocycles. The average molecular weight is 732 g/mol. The minimum absolute atomic E-state index is 0.539. The summed E-state index contributed by atoms with van der Waals surface area (Å²) < 4.78 is 9.46. The largest absolute Gasteiger partial charge is 0.456 e. The molecule has 262 valence electrons. The number of rotatable bonds is 4. The molecule has 1 unspecified atom stereocenters. The van der Waals surface area contributed by atoms with Gasteiger partial charge in [0, 0.05) is 48.1 Å². The van der Waals surface area contributed by atoms with Gasteiger partial charge in [0.2, 0.25) is 0 Å².